The molecule has 0 fully saturated rings. The molecule has 0 radical (unpaired) electrons. The molecule has 0 saturated heterocycles. The summed E-state index contributed by atoms with van der Waals surface area (Å²) in [7, 11) is 0. The number of rotatable bonds is 16. The van der Waals surface area contributed by atoms with Gasteiger partial charge in [-0.2, -0.15) is 0 Å². The first-order valence-corrected chi connectivity index (χ1v) is 19.7. The van der Waals surface area contributed by atoms with Crippen LogP contribution >= 0.6 is 0 Å². The first-order valence-electron chi connectivity index (χ1n) is 19.7. The van der Waals surface area contributed by atoms with Crippen molar-refractivity contribution >= 4 is 75.2 Å². The molecule has 284 valence electrons. The van der Waals surface area contributed by atoms with E-state index in [9.17, 15) is 0 Å². The number of nitrogens with two attached hydrogens (primary N) is 3. The van der Waals surface area contributed by atoms with Crippen LogP contribution in [0.15, 0.2) is 72.8 Å². The van der Waals surface area contributed by atoms with E-state index in [1.807, 2.05) is 30.3 Å². The van der Waals surface area contributed by atoms with E-state index >= 15 is 0 Å². The highest BCUT2D eigenvalue weighted by Gasteiger charge is 2.50. The number of nitrogens with one attached hydrogen (secondary N) is 5. The molecule has 5 aromatic carbocycles. The van der Waals surface area contributed by atoms with Gasteiger partial charge in [0.05, 0.1) is 0 Å². The fourth-order valence-electron chi connectivity index (χ4n) is 8.22. The molecule has 4 heterocycles. The first-order chi connectivity index (χ1) is 27.6. The molecule has 0 aliphatic carbocycles. The molecule has 12 nitrogen and oxygen atoms in total. The second-order valence-corrected chi connectivity index (χ2v) is 14.6. The molecule has 0 amide bonds. The van der Waals surface area contributed by atoms with E-state index in [4.69, 9.17) is 41.6 Å². The minimum absolute atomic E-state index is 0.246. The van der Waals surface area contributed by atoms with Gasteiger partial charge in [0.2, 0.25) is 0 Å². The highest BCUT2D eigenvalue weighted by Crippen LogP contribution is 2.49. The van der Waals surface area contributed by atoms with Crippen LogP contribution < -0.4 is 90.2 Å². The standard InChI is InChI=1S/C42H46B2N8O4/c45-13-1-17-49-25-5-9-33-29(21-25)43-30-22-26(50-18-2-14-46)6-10-34(30)54-40-37(43)39(53-33)41-38-42(40)56-36-12-8-28(52-20-4-16-48)24-32(36)44(38)31-23-27(51-19-3-15-47)7-11-35(31)55-41/h5-13,21-24,45,49-52H,1-4,14-20,46-48H2. The normalized spacial score (nSPS) is 13.2. The average Bonchev–Trinajstić information content (AvgIpc) is 3.22. The third-order valence-electron chi connectivity index (χ3n) is 10.8. The molecule has 11 N–H and O–H groups in total. The van der Waals surface area contributed by atoms with E-state index in [-0.39, 0.29) is 13.4 Å². The van der Waals surface area contributed by atoms with Crippen molar-refractivity contribution in [2.24, 2.45) is 17.2 Å². The van der Waals surface area contributed by atoms with Crippen LogP contribution in [0.25, 0.3) is 0 Å². The van der Waals surface area contributed by atoms with Crippen molar-refractivity contribution in [3.63, 3.8) is 0 Å². The molecular weight excluding hydrogens is 702 g/mol. The Balaban J connectivity index is 1.24. The van der Waals surface area contributed by atoms with Crippen molar-refractivity contribution in [3.05, 3.63) is 72.8 Å². The van der Waals surface area contributed by atoms with Crippen molar-refractivity contribution in [2.75, 3.05) is 67.1 Å². The van der Waals surface area contributed by atoms with Gasteiger partial charge in [0, 0.05) is 59.9 Å². The fraction of sp³-hybridized carbons (Fsp3) is 0.262. The molecule has 0 bridgehead atoms. The number of ether oxygens (including phenoxy) is 4. The summed E-state index contributed by atoms with van der Waals surface area (Å²) in [5.74, 6) is 5.49. The highest BCUT2D eigenvalue weighted by molar-refractivity contribution is 7.00. The third-order valence-corrected chi connectivity index (χ3v) is 10.8. The topological polar surface area (TPSA) is 187 Å². The molecule has 0 saturated carbocycles. The van der Waals surface area contributed by atoms with E-state index in [0.717, 1.165) is 117 Å². The molecule has 5 aromatic rings. The maximum absolute atomic E-state index is 7.52. The lowest BCUT2D eigenvalue weighted by atomic mass is 9.32. The first kappa shape index (κ1) is 35.9. The van der Waals surface area contributed by atoms with Gasteiger partial charge >= 0.3 is 0 Å². The van der Waals surface area contributed by atoms with Gasteiger partial charge in [-0.3, -0.25) is 0 Å². The molecule has 9 rings (SSSR count). The lowest BCUT2D eigenvalue weighted by molar-refractivity contribution is 0.397. The van der Waals surface area contributed by atoms with Crippen LogP contribution in [-0.2, 0) is 0 Å². The van der Waals surface area contributed by atoms with Gasteiger partial charge in [-0.05, 0) is 146 Å². The summed E-state index contributed by atoms with van der Waals surface area (Å²) in [6.07, 6.45) is 4.62. The van der Waals surface area contributed by atoms with Gasteiger partial charge in [-0.1, -0.05) is 0 Å². The maximum Gasteiger partial charge on any atom is 0.261 e. The average molecular weight is 749 g/mol. The molecule has 4 aliphatic rings. The minimum Gasteiger partial charge on any atom is -0.454 e. The predicted molar refractivity (Wildman–Crippen MR) is 230 cm³/mol. The van der Waals surface area contributed by atoms with Crippen molar-refractivity contribution in [2.45, 2.75) is 25.7 Å². The lowest BCUT2D eigenvalue weighted by Gasteiger charge is -2.40. The van der Waals surface area contributed by atoms with Crippen molar-refractivity contribution < 1.29 is 18.9 Å². The maximum atomic E-state index is 7.52. The van der Waals surface area contributed by atoms with Gasteiger partial charge in [0.1, 0.15) is 23.0 Å². The number of benzene rings is 5. The summed E-state index contributed by atoms with van der Waals surface area (Å²) < 4.78 is 27.9. The van der Waals surface area contributed by atoms with E-state index in [0.29, 0.717) is 55.6 Å². The molecule has 0 spiro atoms. The third kappa shape index (κ3) is 6.33. The Morgan fingerprint density at radius 2 is 0.768 bits per heavy atom. The second-order valence-electron chi connectivity index (χ2n) is 14.6. The Morgan fingerprint density at radius 1 is 0.464 bits per heavy atom. The quantitative estimate of drug-likeness (QED) is 0.0413. The molecule has 4 aliphatic heterocycles. The zero-order valence-corrected chi connectivity index (χ0v) is 31.3. The number of fused-ring (bicyclic) bond motifs is 10. The Kier molecular flexibility index (Phi) is 9.84. The Hall–Kier alpha value is -5.82. The van der Waals surface area contributed by atoms with Crippen LogP contribution in [0.2, 0.25) is 0 Å². The summed E-state index contributed by atoms with van der Waals surface area (Å²) in [6.45, 7) is 4.27. The van der Waals surface area contributed by atoms with E-state index in [1.54, 1.807) is 0 Å². The van der Waals surface area contributed by atoms with E-state index < -0.39 is 0 Å². The molecule has 0 unspecified atom stereocenters. The van der Waals surface area contributed by atoms with Crippen LogP contribution in [0, 0.1) is 5.41 Å². The van der Waals surface area contributed by atoms with Gasteiger partial charge in [0.15, 0.2) is 23.0 Å². The lowest BCUT2D eigenvalue weighted by Crippen LogP contribution is -2.61. The summed E-state index contributed by atoms with van der Waals surface area (Å²) in [4.78, 5) is 0. The zero-order valence-electron chi connectivity index (χ0n) is 31.3. The number of hydrogen-bond acceptors (Lipinski definition) is 12. The highest BCUT2D eigenvalue weighted by atomic mass is 16.5. The zero-order chi connectivity index (χ0) is 38.2. The van der Waals surface area contributed by atoms with Gasteiger partial charge in [-0.25, -0.2) is 0 Å². The number of hydrogen-bond donors (Lipinski definition) is 8. The van der Waals surface area contributed by atoms with Crippen molar-refractivity contribution in [3.8, 4) is 46.0 Å². The Morgan fingerprint density at radius 3 is 1.05 bits per heavy atom. The molecule has 14 heteroatoms. The van der Waals surface area contributed by atoms with Crippen LogP contribution in [0.1, 0.15) is 25.7 Å². The van der Waals surface area contributed by atoms with E-state index in [2.05, 4.69) is 63.7 Å². The summed E-state index contributed by atoms with van der Waals surface area (Å²) in [5.41, 5.74) is 27.2. The van der Waals surface area contributed by atoms with Gasteiger partial charge in [-0.15, -0.1) is 0 Å². The Bertz CT molecular complexity index is 2240. The van der Waals surface area contributed by atoms with Crippen molar-refractivity contribution in [1.82, 2.24) is 0 Å². The fourth-order valence-corrected chi connectivity index (χ4v) is 8.22. The predicted octanol–water partition coefficient (Wildman–Crippen LogP) is 2.88. The van der Waals surface area contributed by atoms with E-state index in [1.165, 1.54) is 6.21 Å². The van der Waals surface area contributed by atoms with Crippen LogP contribution in [0.5, 0.6) is 46.0 Å². The van der Waals surface area contributed by atoms with Gasteiger partial charge < -0.3 is 62.8 Å². The summed E-state index contributed by atoms with van der Waals surface area (Å²) >= 11 is 0. The summed E-state index contributed by atoms with van der Waals surface area (Å²) in [5, 5.41) is 21.6. The van der Waals surface area contributed by atoms with Crippen LogP contribution in [0.4, 0.5) is 22.7 Å². The van der Waals surface area contributed by atoms with Gasteiger partial charge in [0.25, 0.3) is 13.4 Å². The molecular formula is C42H46B2N8O4. The Labute approximate surface area is 327 Å². The monoisotopic (exact) mass is 748 g/mol. The van der Waals surface area contributed by atoms with Crippen LogP contribution in [-0.4, -0.2) is 65.5 Å². The number of anilines is 4. The molecule has 56 heavy (non-hydrogen) atoms. The minimum atomic E-state index is -0.258. The largest absolute Gasteiger partial charge is 0.454 e. The SMILES string of the molecule is N=CCCNc1ccc2c(c1)B1c3cc(NCCCN)ccc3Oc3c4c5c(c(c31)O2)Oc1ccc(NCCCN)cc1B5c1cc(NCCCN)ccc1O4. The van der Waals surface area contributed by atoms with Crippen molar-refractivity contribution in [1.29, 1.82) is 5.41 Å². The second kappa shape index (κ2) is 15.4. The molecule has 0 aromatic heterocycles. The van der Waals surface area contributed by atoms with Crippen LogP contribution in [0.3, 0.4) is 0 Å². The summed E-state index contributed by atoms with van der Waals surface area (Å²) in [6, 6.07) is 25.0. The molecule has 0 atom stereocenters. The smallest absolute Gasteiger partial charge is 0.261 e.